The van der Waals surface area contributed by atoms with Gasteiger partial charge in [0.2, 0.25) is 0 Å². The highest BCUT2D eigenvalue weighted by Gasteiger charge is 2.03. The molecule has 0 bridgehead atoms. The lowest BCUT2D eigenvalue weighted by Gasteiger charge is -2.11. The molecule has 0 spiro atoms. The van der Waals surface area contributed by atoms with Crippen molar-refractivity contribution in [1.82, 2.24) is 0 Å². The van der Waals surface area contributed by atoms with Gasteiger partial charge in [0.1, 0.15) is 0 Å². The van der Waals surface area contributed by atoms with E-state index in [1.807, 2.05) is 0 Å². The van der Waals surface area contributed by atoms with E-state index in [1.54, 1.807) is 0 Å². The summed E-state index contributed by atoms with van der Waals surface area (Å²) in [6, 6.07) is 0. The Balaban J connectivity index is 3.08. The highest BCUT2D eigenvalue weighted by atomic mass is 16.5. The molecule has 0 heterocycles. The van der Waals surface area contributed by atoms with Gasteiger partial charge in [-0.3, -0.25) is 0 Å². The standard InChI is InChI=1S/C13H28O5/c1-2-3-7-18-12-13(15)5-9-17-11-10-16-8-4-6-14/h13-15H,2-12H2,1H3. The van der Waals surface area contributed by atoms with Crippen molar-refractivity contribution in [3.8, 4) is 0 Å². The Bertz CT molecular complexity index is 154. The average Bonchev–Trinajstić information content (AvgIpc) is 2.38. The number of unbranched alkanes of at least 4 members (excludes halogenated alkanes) is 1. The minimum absolute atomic E-state index is 0.158. The molecule has 5 nitrogen and oxygen atoms in total. The van der Waals surface area contributed by atoms with Gasteiger partial charge in [0.25, 0.3) is 0 Å². The van der Waals surface area contributed by atoms with Crippen LogP contribution in [0.2, 0.25) is 0 Å². The molecule has 0 aromatic heterocycles. The van der Waals surface area contributed by atoms with Gasteiger partial charge in [-0.05, 0) is 19.3 Å². The normalized spacial score (nSPS) is 12.8. The van der Waals surface area contributed by atoms with E-state index >= 15 is 0 Å². The molecule has 0 saturated heterocycles. The summed E-state index contributed by atoms with van der Waals surface area (Å²) in [6.07, 6.45) is 2.94. The van der Waals surface area contributed by atoms with Gasteiger partial charge < -0.3 is 24.4 Å². The predicted molar refractivity (Wildman–Crippen MR) is 69.7 cm³/mol. The van der Waals surface area contributed by atoms with Crippen LogP contribution < -0.4 is 0 Å². The quantitative estimate of drug-likeness (QED) is 0.458. The molecular weight excluding hydrogens is 236 g/mol. The summed E-state index contributed by atoms with van der Waals surface area (Å²) in [5.74, 6) is 0. The van der Waals surface area contributed by atoms with Gasteiger partial charge in [-0.15, -0.1) is 0 Å². The largest absolute Gasteiger partial charge is 0.396 e. The Morgan fingerprint density at radius 2 is 1.56 bits per heavy atom. The number of ether oxygens (including phenoxy) is 3. The molecule has 2 N–H and O–H groups in total. The summed E-state index contributed by atoms with van der Waals surface area (Å²) in [6.45, 7) is 5.50. The van der Waals surface area contributed by atoms with Gasteiger partial charge >= 0.3 is 0 Å². The fourth-order valence-corrected chi connectivity index (χ4v) is 1.26. The lowest BCUT2D eigenvalue weighted by molar-refractivity contribution is 0.000664. The van der Waals surface area contributed by atoms with E-state index in [9.17, 15) is 5.11 Å². The fourth-order valence-electron chi connectivity index (χ4n) is 1.26. The number of hydrogen-bond donors (Lipinski definition) is 2. The zero-order chi connectivity index (χ0) is 13.5. The second-order valence-corrected chi connectivity index (χ2v) is 4.17. The third-order valence-electron chi connectivity index (χ3n) is 2.37. The van der Waals surface area contributed by atoms with Crippen molar-refractivity contribution in [3.63, 3.8) is 0 Å². The number of rotatable bonds is 14. The van der Waals surface area contributed by atoms with E-state index in [4.69, 9.17) is 19.3 Å². The van der Waals surface area contributed by atoms with Crippen LogP contribution in [0.15, 0.2) is 0 Å². The Morgan fingerprint density at radius 3 is 2.22 bits per heavy atom. The summed E-state index contributed by atoms with van der Waals surface area (Å²) in [5.41, 5.74) is 0. The Kier molecular flexibility index (Phi) is 14.7. The fraction of sp³-hybridized carbons (Fsp3) is 1.00. The van der Waals surface area contributed by atoms with E-state index in [1.165, 1.54) is 0 Å². The molecule has 1 atom stereocenters. The maximum atomic E-state index is 9.56. The van der Waals surface area contributed by atoms with Crippen LogP contribution in [0.25, 0.3) is 0 Å². The van der Waals surface area contributed by atoms with Gasteiger partial charge in [-0.25, -0.2) is 0 Å². The van der Waals surface area contributed by atoms with Crippen LogP contribution >= 0.6 is 0 Å². The Labute approximate surface area is 110 Å². The third-order valence-corrected chi connectivity index (χ3v) is 2.37. The van der Waals surface area contributed by atoms with E-state index < -0.39 is 6.10 Å². The van der Waals surface area contributed by atoms with Gasteiger partial charge in [0.05, 0.1) is 25.9 Å². The SMILES string of the molecule is CCCCOCC(O)CCOCCOCCCO. The smallest absolute Gasteiger partial charge is 0.0795 e. The van der Waals surface area contributed by atoms with Gasteiger partial charge in [-0.1, -0.05) is 13.3 Å². The first-order valence-electron chi connectivity index (χ1n) is 6.83. The van der Waals surface area contributed by atoms with Crippen molar-refractivity contribution in [3.05, 3.63) is 0 Å². The van der Waals surface area contributed by atoms with E-state index in [-0.39, 0.29) is 6.61 Å². The van der Waals surface area contributed by atoms with Gasteiger partial charge in [0, 0.05) is 26.4 Å². The van der Waals surface area contributed by atoms with Crippen molar-refractivity contribution in [1.29, 1.82) is 0 Å². The maximum absolute atomic E-state index is 9.56. The van der Waals surface area contributed by atoms with Crippen LogP contribution in [-0.4, -0.2) is 62.6 Å². The average molecular weight is 264 g/mol. The van der Waals surface area contributed by atoms with Crippen molar-refractivity contribution in [2.75, 3.05) is 46.2 Å². The van der Waals surface area contributed by atoms with Crippen LogP contribution in [0.1, 0.15) is 32.6 Å². The monoisotopic (exact) mass is 264 g/mol. The van der Waals surface area contributed by atoms with Crippen LogP contribution in [0.5, 0.6) is 0 Å². The predicted octanol–water partition coefficient (Wildman–Crippen LogP) is 0.970. The molecule has 1 unspecified atom stereocenters. The van der Waals surface area contributed by atoms with Crippen molar-refractivity contribution in [2.45, 2.75) is 38.7 Å². The first-order valence-corrected chi connectivity index (χ1v) is 6.83. The Hall–Kier alpha value is -0.200. The highest BCUT2D eigenvalue weighted by Crippen LogP contribution is 1.96. The minimum atomic E-state index is -0.447. The van der Waals surface area contributed by atoms with E-state index in [0.29, 0.717) is 52.5 Å². The molecule has 0 aliphatic heterocycles. The summed E-state index contributed by atoms with van der Waals surface area (Å²) in [5, 5.41) is 18.1. The highest BCUT2D eigenvalue weighted by molar-refractivity contribution is 4.53. The molecule has 110 valence electrons. The molecule has 0 aromatic carbocycles. The second kappa shape index (κ2) is 14.9. The van der Waals surface area contributed by atoms with Gasteiger partial charge in [0.15, 0.2) is 0 Å². The summed E-state index contributed by atoms with van der Waals surface area (Å²) >= 11 is 0. The summed E-state index contributed by atoms with van der Waals surface area (Å²) < 4.78 is 15.8. The lowest BCUT2D eigenvalue weighted by atomic mass is 10.3. The molecule has 0 rings (SSSR count). The lowest BCUT2D eigenvalue weighted by Crippen LogP contribution is -2.18. The van der Waals surface area contributed by atoms with Crippen molar-refractivity contribution in [2.24, 2.45) is 0 Å². The molecule has 0 radical (unpaired) electrons. The summed E-state index contributed by atoms with van der Waals surface area (Å²) in [4.78, 5) is 0. The van der Waals surface area contributed by atoms with Crippen LogP contribution in [-0.2, 0) is 14.2 Å². The molecule has 18 heavy (non-hydrogen) atoms. The zero-order valence-electron chi connectivity index (χ0n) is 11.5. The molecule has 0 aliphatic rings. The molecule has 0 fully saturated rings. The van der Waals surface area contributed by atoms with Gasteiger partial charge in [-0.2, -0.15) is 0 Å². The zero-order valence-corrected chi connectivity index (χ0v) is 11.5. The van der Waals surface area contributed by atoms with E-state index in [2.05, 4.69) is 6.92 Å². The summed E-state index contributed by atoms with van der Waals surface area (Å²) in [7, 11) is 0. The maximum Gasteiger partial charge on any atom is 0.0795 e. The topological polar surface area (TPSA) is 68.2 Å². The van der Waals surface area contributed by atoms with Crippen LogP contribution in [0.4, 0.5) is 0 Å². The molecular formula is C13H28O5. The first kappa shape index (κ1) is 17.8. The number of hydrogen-bond acceptors (Lipinski definition) is 5. The van der Waals surface area contributed by atoms with Crippen LogP contribution in [0, 0.1) is 0 Å². The molecule has 0 saturated carbocycles. The molecule has 0 aromatic rings. The number of aliphatic hydroxyl groups is 2. The van der Waals surface area contributed by atoms with Crippen molar-refractivity contribution < 1.29 is 24.4 Å². The minimum Gasteiger partial charge on any atom is -0.396 e. The second-order valence-electron chi connectivity index (χ2n) is 4.17. The molecule has 0 aliphatic carbocycles. The third kappa shape index (κ3) is 13.9. The molecule has 0 amide bonds. The molecule has 5 heteroatoms. The van der Waals surface area contributed by atoms with E-state index in [0.717, 1.165) is 12.8 Å². The van der Waals surface area contributed by atoms with Crippen molar-refractivity contribution >= 4 is 0 Å². The number of aliphatic hydroxyl groups excluding tert-OH is 2. The first-order chi connectivity index (χ1) is 8.81. The van der Waals surface area contributed by atoms with Crippen LogP contribution in [0.3, 0.4) is 0 Å². The Morgan fingerprint density at radius 1 is 0.889 bits per heavy atom.